The van der Waals surface area contributed by atoms with Crippen LogP contribution in [-0.2, 0) is 0 Å². The zero-order valence-corrected chi connectivity index (χ0v) is 11.4. The Labute approximate surface area is 117 Å². The van der Waals surface area contributed by atoms with Crippen molar-refractivity contribution in [2.24, 2.45) is 0 Å². The second-order valence-corrected chi connectivity index (χ2v) is 4.50. The van der Waals surface area contributed by atoms with E-state index in [4.69, 9.17) is 4.74 Å². The first kappa shape index (κ1) is 12.6. The molecule has 0 aliphatic heterocycles. The van der Waals surface area contributed by atoms with E-state index in [1.54, 1.807) is 13.3 Å². The average Bonchev–Trinajstić information content (AvgIpc) is 2.93. The van der Waals surface area contributed by atoms with E-state index in [-0.39, 0.29) is 6.04 Å². The van der Waals surface area contributed by atoms with Gasteiger partial charge in [-0.05, 0) is 24.7 Å². The van der Waals surface area contributed by atoms with Gasteiger partial charge in [0.15, 0.2) is 0 Å². The lowest BCUT2D eigenvalue weighted by Gasteiger charge is -2.16. The first-order valence-corrected chi connectivity index (χ1v) is 6.42. The van der Waals surface area contributed by atoms with Crippen LogP contribution in [0, 0.1) is 0 Å². The molecule has 0 amide bonds. The Morgan fingerprint density at radius 1 is 1.30 bits per heavy atom. The molecular weight excluding hydrogens is 252 g/mol. The van der Waals surface area contributed by atoms with Crippen molar-refractivity contribution in [3.8, 4) is 5.75 Å². The van der Waals surface area contributed by atoms with Gasteiger partial charge in [-0.3, -0.25) is 4.98 Å². The third-order valence-corrected chi connectivity index (χ3v) is 3.38. The zero-order chi connectivity index (χ0) is 13.9. The van der Waals surface area contributed by atoms with E-state index in [0.717, 1.165) is 22.4 Å². The summed E-state index contributed by atoms with van der Waals surface area (Å²) in [6.45, 7) is 0. The molecule has 102 valence electrons. The van der Waals surface area contributed by atoms with Crippen molar-refractivity contribution in [2.45, 2.75) is 6.04 Å². The summed E-state index contributed by atoms with van der Waals surface area (Å²) in [7, 11) is 3.61. The molecule has 5 nitrogen and oxygen atoms in total. The minimum atomic E-state index is 0.0480. The third kappa shape index (κ3) is 2.12. The second-order valence-electron chi connectivity index (χ2n) is 4.50. The first-order chi connectivity index (χ1) is 9.83. The maximum atomic E-state index is 5.29. The summed E-state index contributed by atoms with van der Waals surface area (Å²) < 4.78 is 7.12. The fraction of sp³-hybridized carbons (Fsp3) is 0.200. The summed E-state index contributed by atoms with van der Waals surface area (Å²) in [5.74, 6) is 0.845. The minimum absolute atomic E-state index is 0.0480. The highest BCUT2D eigenvalue weighted by molar-refractivity contribution is 5.56. The predicted molar refractivity (Wildman–Crippen MR) is 76.9 cm³/mol. The lowest BCUT2D eigenvalue weighted by atomic mass is 10.0. The summed E-state index contributed by atoms with van der Waals surface area (Å²) >= 11 is 0. The van der Waals surface area contributed by atoms with E-state index in [0.29, 0.717) is 0 Å². The van der Waals surface area contributed by atoms with Crippen LogP contribution in [0.15, 0.2) is 49.1 Å². The monoisotopic (exact) mass is 268 g/mol. The molecule has 20 heavy (non-hydrogen) atoms. The van der Waals surface area contributed by atoms with Crippen LogP contribution in [-0.4, -0.2) is 28.8 Å². The van der Waals surface area contributed by atoms with Gasteiger partial charge in [-0.1, -0.05) is 12.1 Å². The number of hydrogen-bond donors (Lipinski definition) is 1. The number of aromatic nitrogens is 3. The molecule has 2 aromatic heterocycles. The molecule has 1 unspecified atom stereocenters. The topological polar surface area (TPSA) is 51.5 Å². The lowest BCUT2D eigenvalue weighted by Crippen LogP contribution is -2.17. The van der Waals surface area contributed by atoms with E-state index in [1.807, 2.05) is 48.4 Å². The molecule has 2 heterocycles. The average molecular weight is 268 g/mol. The molecule has 1 N–H and O–H groups in total. The Morgan fingerprint density at radius 2 is 2.20 bits per heavy atom. The molecule has 0 bridgehead atoms. The number of hydrogen-bond acceptors (Lipinski definition) is 4. The molecule has 5 heteroatoms. The Bertz CT molecular complexity index is 722. The highest BCUT2D eigenvalue weighted by Crippen LogP contribution is 2.27. The van der Waals surface area contributed by atoms with Crippen LogP contribution in [0.25, 0.3) is 5.52 Å². The highest BCUT2D eigenvalue weighted by atomic mass is 16.5. The summed E-state index contributed by atoms with van der Waals surface area (Å²) in [6.07, 6.45) is 7.27. The zero-order valence-electron chi connectivity index (χ0n) is 11.4. The van der Waals surface area contributed by atoms with Crippen LogP contribution in [0.1, 0.15) is 17.2 Å². The predicted octanol–water partition coefficient (Wildman–Crippen LogP) is 2.05. The Kier molecular flexibility index (Phi) is 3.35. The molecule has 1 aromatic carbocycles. The van der Waals surface area contributed by atoms with E-state index < -0.39 is 0 Å². The van der Waals surface area contributed by atoms with Gasteiger partial charge in [-0.25, -0.2) is 4.52 Å². The van der Waals surface area contributed by atoms with Gasteiger partial charge in [0.1, 0.15) is 5.75 Å². The summed E-state index contributed by atoms with van der Waals surface area (Å²) in [5, 5.41) is 7.69. The number of rotatable bonds is 4. The van der Waals surface area contributed by atoms with E-state index in [9.17, 15) is 0 Å². The second kappa shape index (κ2) is 5.30. The number of fused-ring (bicyclic) bond motifs is 1. The van der Waals surface area contributed by atoms with Crippen molar-refractivity contribution < 1.29 is 4.74 Å². The van der Waals surface area contributed by atoms with Crippen LogP contribution >= 0.6 is 0 Å². The summed E-state index contributed by atoms with van der Waals surface area (Å²) in [5.41, 5.74) is 3.22. The van der Waals surface area contributed by atoms with Gasteiger partial charge >= 0.3 is 0 Å². The number of methoxy groups -OCH3 is 1. The molecule has 1 atom stereocenters. The van der Waals surface area contributed by atoms with Gasteiger partial charge in [0.25, 0.3) is 0 Å². The fourth-order valence-corrected chi connectivity index (χ4v) is 2.40. The van der Waals surface area contributed by atoms with Crippen LogP contribution in [0.3, 0.4) is 0 Å². The van der Waals surface area contributed by atoms with Gasteiger partial charge in [0.2, 0.25) is 0 Å². The smallest absolute Gasteiger partial charge is 0.119 e. The van der Waals surface area contributed by atoms with E-state index in [2.05, 4.69) is 21.5 Å². The van der Waals surface area contributed by atoms with Crippen LogP contribution in [0.4, 0.5) is 0 Å². The van der Waals surface area contributed by atoms with Crippen LogP contribution < -0.4 is 10.1 Å². The van der Waals surface area contributed by atoms with Gasteiger partial charge in [0, 0.05) is 18.0 Å². The largest absolute Gasteiger partial charge is 0.497 e. The van der Waals surface area contributed by atoms with Crippen molar-refractivity contribution in [1.29, 1.82) is 0 Å². The first-order valence-electron chi connectivity index (χ1n) is 6.42. The van der Waals surface area contributed by atoms with Crippen molar-refractivity contribution in [3.05, 3.63) is 60.2 Å². The molecule has 3 rings (SSSR count). The number of ether oxygens (including phenoxy) is 1. The molecule has 3 aromatic rings. The maximum absolute atomic E-state index is 5.29. The Hall–Kier alpha value is -2.40. The number of benzene rings is 1. The van der Waals surface area contributed by atoms with E-state index >= 15 is 0 Å². The van der Waals surface area contributed by atoms with Crippen LogP contribution in [0.2, 0.25) is 0 Å². The molecular formula is C15H16N4O. The van der Waals surface area contributed by atoms with Gasteiger partial charge in [0.05, 0.1) is 31.1 Å². The van der Waals surface area contributed by atoms with Crippen molar-refractivity contribution in [2.75, 3.05) is 14.2 Å². The van der Waals surface area contributed by atoms with Gasteiger partial charge < -0.3 is 10.1 Å². The molecule has 0 saturated carbocycles. The molecule has 0 saturated heterocycles. The Morgan fingerprint density at radius 3 is 3.00 bits per heavy atom. The summed E-state index contributed by atoms with van der Waals surface area (Å²) in [6, 6.07) is 8.08. The molecule has 0 aliphatic carbocycles. The molecule has 0 fully saturated rings. The lowest BCUT2D eigenvalue weighted by molar-refractivity contribution is 0.414. The number of nitrogens with zero attached hydrogens (tertiary/aromatic N) is 3. The quantitative estimate of drug-likeness (QED) is 0.787. The maximum Gasteiger partial charge on any atom is 0.119 e. The highest BCUT2D eigenvalue weighted by Gasteiger charge is 2.17. The SMILES string of the molecule is CNC(c1cccc(OC)c1)c1cnn2ccncc12. The summed E-state index contributed by atoms with van der Waals surface area (Å²) in [4.78, 5) is 4.18. The van der Waals surface area contributed by atoms with Gasteiger partial charge in [-0.2, -0.15) is 5.10 Å². The molecule has 0 radical (unpaired) electrons. The van der Waals surface area contributed by atoms with Crippen LogP contribution in [0.5, 0.6) is 5.75 Å². The van der Waals surface area contributed by atoms with Gasteiger partial charge in [-0.15, -0.1) is 0 Å². The third-order valence-electron chi connectivity index (χ3n) is 3.38. The van der Waals surface area contributed by atoms with Crippen molar-refractivity contribution in [1.82, 2.24) is 19.9 Å². The fourth-order valence-electron chi connectivity index (χ4n) is 2.40. The van der Waals surface area contributed by atoms with Crippen molar-refractivity contribution >= 4 is 5.52 Å². The molecule has 0 aliphatic rings. The standard InChI is InChI=1S/C15H16N4O/c1-16-15(11-4-3-5-12(8-11)20-2)13-9-18-19-7-6-17-10-14(13)19/h3-10,15-16H,1-2H3. The minimum Gasteiger partial charge on any atom is -0.497 e. The van der Waals surface area contributed by atoms with E-state index in [1.165, 1.54) is 0 Å². The number of nitrogens with one attached hydrogen (secondary N) is 1. The molecule has 0 spiro atoms. The van der Waals surface area contributed by atoms with Crippen molar-refractivity contribution in [3.63, 3.8) is 0 Å². The Balaban J connectivity index is 2.09. The normalized spacial score (nSPS) is 12.5.